The Bertz CT molecular complexity index is 1160. The summed E-state index contributed by atoms with van der Waals surface area (Å²) in [5, 5.41) is 5.36. The Hall–Kier alpha value is -3.84. The maximum absolute atomic E-state index is 12.9. The maximum atomic E-state index is 12.9. The van der Waals surface area contributed by atoms with Crippen molar-refractivity contribution in [1.82, 2.24) is 20.4 Å². The van der Waals surface area contributed by atoms with Gasteiger partial charge in [0.2, 0.25) is 0 Å². The molecule has 0 aromatic heterocycles. The van der Waals surface area contributed by atoms with Gasteiger partial charge in [-0.25, -0.2) is 0 Å². The number of rotatable bonds is 9. The summed E-state index contributed by atoms with van der Waals surface area (Å²) in [6.07, 6.45) is -5.56. The lowest BCUT2D eigenvalue weighted by Gasteiger charge is -2.30. The summed E-state index contributed by atoms with van der Waals surface area (Å²) in [5.74, 6) is -1.61. The zero-order valence-electron chi connectivity index (χ0n) is 21.6. The van der Waals surface area contributed by atoms with Crippen LogP contribution in [0.1, 0.15) is 11.1 Å². The highest BCUT2D eigenvalue weighted by Crippen LogP contribution is 2.29. The molecule has 0 saturated carbocycles. The number of fused-ring (bicyclic) bond motifs is 4. The van der Waals surface area contributed by atoms with Crippen molar-refractivity contribution in [2.24, 2.45) is 0 Å². The van der Waals surface area contributed by atoms with E-state index in [4.69, 9.17) is 18.9 Å². The molecule has 6 atom stereocenters. The number of hydrogen-bond acceptors (Lipinski definition) is 8. The first-order valence-electron chi connectivity index (χ1n) is 13.3. The molecule has 4 amide bonds. The number of carbonyl (C=O) groups excluding carboxylic acids is 4. The summed E-state index contributed by atoms with van der Waals surface area (Å²) in [6, 6.07) is 19.1. The van der Waals surface area contributed by atoms with Gasteiger partial charge in [0.25, 0.3) is 23.6 Å². The monoisotopic (exact) mass is 550 g/mol. The van der Waals surface area contributed by atoms with E-state index in [2.05, 4.69) is 10.6 Å². The average Bonchev–Trinajstić information content (AvgIpc) is 3.53. The third-order valence-electron chi connectivity index (χ3n) is 7.27. The highest BCUT2D eigenvalue weighted by Gasteiger charge is 2.52. The van der Waals surface area contributed by atoms with E-state index in [0.717, 1.165) is 11.1 Å². The first-order chi connectivity index (χ1) is 19.5. The molecular formula is C28H30N4O8. The van der Waals surface area contributed by atoms with Crippen molar-refractivity contribution >= 4 is 23.6 Å². The Balaban J connectivity index is 0.958. The first kappa shape index (κ1) is 26.4. The van der Waals surface area contributed by atoms with Crippen LogP contribution in [0.15, 0.2) is 60.7 Å². The van der Waals surface area contributed by atoms with Gasteiger partial charge in [0.15, 0.2) is 37.0 Å². The molecule has 0 aliphatic carbocycles. The lowest BCUT2D eigenvalue weighted by molar-refractivity contribution is -0.163. The predicted molar refractivity (Wildman–Crippen MR) is 137 cm³/mol. The number of amides is 4. The van der Waals surface area contributed by atoms with E-state index in [0.29, 0.717) is 13.1 Å². The molecule has 2 aromatic carbocycles. The zero-order valence-corrected chi connectivity index (χ0v) is 21.6. The summed E-state index contributed by atoms with van der Waals surface area (Å²) >= 11 is 0. The number of ether oxygens (including phenoxy) is 4. The molecule has 40 heavy (non-hydrogen) atoms. The minimum Gasteiger partial charge on any atom is -0.352 e. The number of morpholine rings is 2. The van der Waals surface area contributed by atoms with Gasteiger partial charge < -0.3 is 39.4 Å². The molecule has 4 saturated heterocycles. The molecule has 4 aliphatic rings. The fraction of sp³-hybridized carbons (Fsp3) is 0.429. The molecule has 0 radical (unpaired) electrons. The number of nitrogens with one attached hydrogen (secondary N) is 2. The first-order valence-corrected chi connectivity index (χ1v) is 13.3. The average molecular weight is 551 g/mol. The van der Waals surface area contributed by atoms with E-state index >= 15 is 0 Å². The van der Waals surface area contributed by atoms with Crippen LogP contribution in [-0.4, -0.2) is 96.6 Å². The van der Waals surface area contributed by atoms with Crippen LogP contribution in [0.5, 0.6) is 0 Å². The Morgan fingerprint density at radius 1 is 0.650 bits per heavy atom. The van der Waals surface area contributed by atoms with Gasteiger partial charge in [0.1, 0.15) is 0 Å². The molecule has 4 aliphatic heterocycles. The Morgan fingerprint density at radius 2 is 1.05 bits per heavy atom. The zero-order chi connectivity index (χ0) is 27.6. The highest BCUT2D eigenvalue weighted by atomic mass is 16.7. The van der Waals surface area contributed by atoms with Crippen molar-refractivity contribution in [3.05, 3.63) is 71.8 Å². The van der Waals surface area contributed by atoms with Crippen LogP contribution in [0, 0.1) is 0 Å². The van der Waals surface area contributed by atoms with Crippen molar-refractivity contribution in [3.8, 4) is 0 Å². The number of hydrogen-bond donors (Lipinski definition) is 2. The Kier molecular flexibility index (Phi) is 7.48. The minimum absolute atomic E-state index is 0.0828. The lowest BCUT2D eigenvalue weighted by Crippen LogP contribution is -2.52. The third kappa shape index (κ3) is 5.43. The lowest BCUT2D eigenvalue weighted by atomic mass is 10.1. The molecule has 2 aromatic rings. The van der Waals surface area contributed by atoms with Crippen molar-refractivity contribution in [1.29, 1.82) is 0 Å². The SMILES string of the molecule is O=C(NCCNC(=O)C1OC2CN(Cc3ccccc3)C(=O)C1O2)C1OC2CN(Cc3ccccc3)C(=O)C1O2. The van der Waals surface area contributed by atoms with Crippen molar-refractivity contribution in [2.45, 2.75) is 50.1 Å². The fourth-order valence-corrected chi connectivity index (χ4v) is 5.31. The quantitative estimate of drug-likeness (QED) is 0.400. The summed E-state index contributed by atoms with van der Waals surface area (Å²) in [5.41, 5.74) is 1.94. The van der Waals surface area contributed by atoms with Crippen LogP contribution in [0.4, 0.5) is 0 Å². The standard InChI is InChI=1S/C28H30N4O8/c33-25(21-23-27(35)31(15-19(37-21)39-23)13-17-7-3-1-4-8-17)29-11-12-30-26(34)22-24-28(36)32(16-20(38-22)40-24)14-18-9-5-2-6-10-18/h1-10,19-24H,11-16H2,(H,29,33)(H,30,34). The molecule has 2 N–H and O–H groups in total. The smallest absolute Gasteiger partial charge is 0.255 e. The Labute approximate surface area is 230 Å². The maximum Gasteiger partial charge on any atom is 0.255 e. The van der Waals surface area contributed by atoms with E-state index < -0.39 is 48.8 Å². The molecule has 210 valence electrons. The van der Waals surface area contributed by atoms with E-state index in [-0.39, 0.29) is 38.0 Å². The molecule has 12 heteroatoms. The van der Waals surface area contributed by atoms with Gasteiger partial charge in [-0.15, -0.1) is 0 Å². The second kappa shape index (κ2) is 11.3. The minimum atomic E-state index is -1.08. The highest BCUT2D eigenvalue weighted by molar-refractivity contribution is 5.93. The summed E-state index contributed by atoms with van der Waals surface area (Å²) in [4.78, 5) is 54.7. The normalized spacial score (nSPS) is 29.0. The second-order valence-electron chi connectivity index (χ2n) is 10.1. The third-order valence-corrected chi connectivity index (χ3v) is 7.27. The van der Waals surface area contributed by atoms with Crippen molar-refractivity contribution < 1.29 is 38.1 Å². The largest absolute Gasteiger partial charge is 0.352 e. The fourth-order valence-electron chi connectivity index (χ4n) is 5.31. The second-order valence-corrected chi connectivity index (χ2v) is 10.1. The summed E-state index contributed by atoms with van der Waals surface area (Å²) in [7, 11) is 0. The van der Waals surface area contributed by atoms with Gasteiger partial charge in [0.05, 0.1) is 13.1 Å². The van der Waals surface area contributed by atoms with Crippen LogP contribution in [0.3, 0.4) is 0 Å². The van der Waals surface area contributed by atoms with Gasteiger partial charge in [-0.3, -0.25) is 19.2 Å². The van der Waals surface area contributed by atoms with Gasteiger partial charge in [0, 0.05) is 26.2 Å². The van der Waals surface area contributed by atoms with Gasteiger partial charge in [-0.1, -0.05) is 60.7 Å². The summed E-state index contributed by atoms with van der Waals surface area (Å²) < 4.78 is 22.6. The number of nitrogens with zero attached hydrogens (tertiary/aromatic N) is 2. The molecule has 6 unspecified atom stereocenters. The number of benzene rings is 2. The number of carbonyl (C=O) groups is 4. The van der Waals surface area contributed by atoms with Gasteiger partial charge >= 0.3 is 0 Å². The molecule has 0 spiro atoms. The van der Waals surface area contributed by atoms with Crippen LogP contribution in [-0.2, 0) is 51.2 Å². The molecule has 6 rings (SSSR count). The van der Waals surface area contributed by atoms with Gasteiger partial charge in [-0.05, 0) is 11.1 Å². The van der Waals surface area contributed by atoms with E-state index in [1.165, 1.54) is 0 Å². The molecule has 12 nitrogen and oxygen atoms in total. The topological polar surface area (TPSA) is 136 Å². The van der Waals surface area contributed by atoms with Crippen molar-refractivity contribution in [2.75, 3.05) is 26.2 Å². The van der Waals surface area contributed by atoms with Crippen molar-refractivity contribution in [3.63, 3.8) is 0 Å². The predicted octanol–water partition coefficient (Wildman–Crippen LogP) is -0.476. The summed E-state index contributed by atoms with van der Waals surface area (Å²) in [6.45, 7) is 1.44. The Morgan fingerprint density at radius 3 is 1.45 bits per heavy atom. The van der Waals surface area contributed by atoms with E-state index in [1.54, 1.807) is 9.80 Å². The molecular weight excluding hydrogens is 520 g/mol. The van der Waals surface area contributed by atoms with E-state index in [9.17, 15) is 19.2 Å². The van der Waals surface area contributed by atoms with Gasteiger partial charge in [-0.2, -0.15) is 0 Å². The van der Waals surface area contributed by atoms with Crippen LogP contribution < -0.4 is 10.6 Å². The van der Waals surface area contributed by atoms with E-state index in [1.807, 2.05) is 60.7 Å². The van der Waals surface area contributed by atoms with Crippen LogP contribution in [0.2, 0.25) is 0 Å². The molecule has 4 heterocycles. The van der Waals surface area contributed by atoms with Crippen LogP contribution >= 0.6 is 0 Å². The van der Waals surface area contributed by atoms with Crippen LogP contribution in [0.25, 0.3) is 0 Å². The molecule has 4 bridgehead atoms. The molecule has 4 fully saturated rings.